The smallest absolute Gasteiger partial charge is 0.407 e. The summed E-state index contributed by atoms with van der Waals surface area (Å²) < 4.78 is 4.67. The molecular formula is C8H17NO2. The summed E-state index contributed by atoms with van der Waals surface area (Å²) >= 11 is 0. The van der Waals surface area contributed by atoms with E-state index in [-0.39, 0.29) is 6.09 Å². The lowest BCUT2D eigenvalue weighted by Gasteiger charge is -2.03. The van der Waals surface area contributed by atoms with Gasteiger partial charge < -0.3 is 10.1 Å². The first-order chi connectivity index (χ1) is 5.31. The summed E-state index contributed by atoms with van der Waals surface area (Å²) in [7, 11) is 0. The van der Waals surface area contributed by atoms with Crippen LogP contribution in [-0.2, 0) is 4.74 Å². The summed E-state index contributed by atoms with van der Waals surface area (Å²) in [6.07, 6.45) is 3.07. The molecule has 0 aromatic carbocycles. The predicted molar refractivity (Wildman–Crippen MR) is 44.5 cm³/mol. The summed E-state index contributed by atoms with van der Waals surface area (Å²) in [6.45, 7) is 5.10. The molecule has 0 saturated carbocycles. The molecule has 1 N–H and O–H groups in total. The summed E-state index contributed by atoms with van der Waals surface area (Å²) in [5.41, 5.74) is 0. The van der Waals surface area contributed by atoms with Gasteiger partial charge in [0, 0.05) is 6.54 Å². The van der Waals surface area contributed by atoms with Gasteiger partial charge in [-0.15, -0.1) is 0 Å². The Hall–Kier alpha value is -0.730. The summed E-state index contributed by atoms with van der Waals surface area (Å²) in [6, 6.07) is 0. The van der Waals surface area contributed by atoms with Crippen molar-refractivity contribution in [3.63, 3.8) is 0 Å². The maximum absolute atomic E-state index is 10.7. The third kappa shape index (κ3) is 7.16. The molecule has 0 atom stereocenters. The lowest BCUT2D eigenvalue weighted by Crippen LogP contribution is -2.25. The molecule has 0 bridgehead atoms. The number of hydrogen-bond acceptors (Lipinski definition) is 2. The molecule has 0 aliphatic heterocycles. The maximum Gasteiger partial charge on any atom is 0.407 e. The van der Waals surface area contributed by atoms with Crippen LogP contribution in [0.4, 0.5) is 4.79 Å². The van der Waals surface area contributed by atoms with E-state index in [0.29, 0.717) is 6.61 Å². The van der Waals surface area contributed by atoms with Crippen LogP contribution in [0.2, 0.25) is 0 Å². The van der Waals surface area contributed by atoms with Crippen molar-refractivity contribution in [3.8, 4) is 0 Å². The zero-order chi connectivity index (χ0) is 8.53. The first-order valence-electron chi connectivity index (χ1n) is 4.21. The van der Waals surface area contributed by atoms with Gasteiger partial charge in [0.05, 0.1) is 6.61 Å². The minimum absolute atomic E-state index is 0.302. The highest BCUT2D eigenvalue weighted by atomic mass is 16.5. The molecule has 66 valence electrons. The van der Waals surface area contributed by atoms with Crippen molar-refractivity contribution in [3.05, 3.63) is 0 Å². The molecule has 0 saturated heterocycles. The van der Waals surface area contributed by atoms with Crippen molar-refractivity contribution < 1.29 is 9.53 Å². The molecule has 0 aromatic rings. The normalized spacial score (nSPS) is 9.27. The maximum atomic E-state index is 10.7. The van der Waals surface area contributed by atoms with Crippen molar-refractivity contribution in [2.75, 3.05) is 13.2 Å². The zero-order valence-corrected chi connectivity index (χ0v) is 7.35. The van der Waals surface area contributed by atoms with E-state index in [1.807, 2.05) is 0 Å². The number of nitrogens with one attached hydrogen (secondary N) is 1. The van der Waals surface area contributed by atoms with E-state index >= 15 is 0 Å². The quantitative estimate of drug-likeness (QED) is 0.622. The standard InChI is InChI=1S/C8H17NO2/c1-3-5-6-7-9-8(10)11-4-2/h3-7H2,1-2H3,(H,9,10). The number of ether oxygens (including phenoxy) is 1. The Kier molecular flexibility index (Phi) is 6.89. The highest BCUT2D eigenvalue weighted by molar-refractivity contribution is 5.66. The third-order valence-corrected chi connectivity index (χ3v) is 1.33. The van der Waals surface area contributed by atoms with Gasteiger partial charge in [-0.2, -0.15) is 0 Å². The molecule has 3 heteroatoms. The van der Waals surface area contributed by atoms with Crippen molar-refractivity contribution >= 4 is 6.09 Å². The molecule has 0 fully saturated rings. The van der Waals surface area contributed by atoms with Crippen molar-refractivity contribution in [2.45, 2.75) is 33.1 Å². The second-order valence-electron chi connectivity index (χ2n) is 2.35. The lowest BCUT2D eigenvalue weighted by atomic mass is 10.2. The van der Waals surface area contributed by atoms with Gasteiger partial charge in [0.15, 0.2) is 0 Å². The largest absolute Gasteiger partial charge is 0.450 e. The lowest BCUT2D eigenvalue weighted by molar-refractivity contribution is 0.152. The van der Waals surface area contributed by atoms with E-state index in [2.05, 4.69) is 17.0 Å². The van der Waals surface area contributed by atoms with E-state index < -0.39 is 0 Å². The fourth-order valence-electron chi connectivity index (χ4n) is 0.748. The van der Waals surface area contributed by atoms with Gasteiger partial charge in [0.25, 0.3) is 0 Å². The first-order valence-corrected chi connectivity index (χ1v) is 4.21. The van der Waals surface area contributed by atoms with Crippen LogP contribution in [-0.4, -0.2) is 19.2 Å². The Bertz CT molecular complexity index is 104. The Morgan fingerprint density at radius 3 is 2.64 bits per heavy atom. The zero-order valence-electron chi connectivity index (χ0n) is 7.35. The van der Waals surface area contributed by atoms with Gasteiger partial charge in [-0.3, -0.25) is 0 Å². The molecule has 0 aromatic heterocycles. The van der Waals surface area contributed by atoms with Crippen molar-refractivity contribution in [1.29, 1.82) is 0 Å². The van der Waals surface area contributed by atoms with Crippen molar-refractivity contribution in [1.82, 2.24) is 5.32 Å². The molecule has 0 spiro atoms. The van der Waals surface area contributed by atoms with Crippen LogP contribution >= 0.6 is 0 Å². The summed E-state index contributed by atoms with van der Waals surface area (Å²) in [5.74, 6) is 0. The molecule has 0 aliphatic carbocycles. The molecule has 0 heterocycles. The summed E-state index contributed by atoms with van der Waals surface area (Å²) in [4.78, 5) is 10.7. The molecule has 0 unspecified atom stereocenters. The van der Waals surface area contributed by atoms with E-state index in [4.69, 9.17) is 0 Å². The van der Waals surface area contributed by atoms with Crippen LogP contribution in [0.15, 0.2) is 0 Å². The number of unbranched alkanes of at least 4 members (excludes halogenated alkanes) is 2. The molecule has 3 nitrogen and oxygen atoms in total. The molecule has 0 aliphatic rings. The van der Waals surface area contributed by atoms with E-state index in [1.54, 1.807) is 6.92 Å². The Morgan fingerprint density at radius 1 is 1.36 bits per heavy atom. The Labute approximate surface area is 68.1 Å². The second-order valence-corrected chi connectivity index (χ2v) is 2.35. The van der Waals surface area contributed by atoms with Crippen LogP contribution < -0.4 is 5.32 Å². The Morgan fingerprint density at radius 2 is 2.09 bits per heavy atom. The topological polar surface area (TPSA) is 38.3 Å². The summed E-state index contributed by atoms with van der Waals surface area (Å²) in [5, 5.41) is 2.66. The van der Waals surface area contributed by atoms with Crippen LogP contribution in [0.1, 0.15) is 33.1 Å². The highest BCUT2D eigenvalue weighted by Crippen LogP contribution is 1.91. The van der Waals surface area contributed by atoms with Gasteiger partial charge >= 0.3 is 6.09 Å². The SMILES string of the molecule is CCCCCNC(=O)OCC. The fraction of sp³-hybridized carbons (Fsp3) is 0.875. The van der Waals surface area contributed by atoms with Crippen LogP contribution in [0.3, 0.4) is 0 Å². The van der Waals surface area contributed by atoms with Gasteiger partial charge in [0.2, 0.25) is 0 Å². The number of rotatable bonds is 5. The monoisotopic (exact) mass is 159 g/mol. The average Bonchev–Trinajstić information content (AvgIpc) is 1.99. The number of alkyl carbamates (subject to hydrolysis) is 1. The predicted octanol–water partition coefficient (Wildman–Crippen LogP) is 1.92. The van der Waals surface area contributed by atoms with Gasteiger partial charge in [-0.1, -0.05) is 19.8 Å². The molecule has 0 radical (unpaired) electrons. The van der Waals surface area contributed by atoms with E-state index in [0.717, 1.165) is 19.4 Å². The van der Waals surface area contributed by atoms with Crippen LogP contribution in [0, 0.1) is 0 Å². The molecule has 0 rings (SSSR count). The third-order valence-electron chi connectivity index (χ3n) is 1.33. The van der Waals surface area contributed by atoms with Gasteiger partial charge in [-0.25, -0.2) is 4.79 Å². The minimum atomic E-state index is -0.302. The van der Waals surface area contributed by atoms with E-state index in [1.165, 1.54) is 6.42 Å². The molecule has 11 heavy (non-hydrogen) atoms. The molecule has 1 amide bonds. The first kappa shape index (κ1) is 10.3. The fourth-order valence-corrected chi connectivity index (χ4v) is 0.748. The number of carbonyl (C=O) groups excluding carboxylic acids is 1. The van der Waals surface area contributed by atoms with Gasteiger partial charge in [0.1, 0.15) is 0 Å². The van der Waals surface area contributed by atoms with E-state index in [9.17, 15) is 4.79 Å². The second kappa shape index (κ2) is 7.38. The van der Waals surface area contributed by atoms with Crippen LogP contribution in [0.5, 0.6) is 0 Å². The number of carbonyl (C=O) groups is 1. The average molecular weight is 159 g/mol. The number of hydrogen-bond donors (Lipinski definition) is 1. The van der Waals surface area contributed by atoms with Crippen molar-refractivity contribution in [2.24, 2.45) is 0 Å². The number of amides is 1. The Balaban J connectivity index is 3.04. The molecular weight excluding hydrogens is 142 g/mol. The van der Waals surface area contributed by atoms with Gasteiger partial charge in [-0.05, 0) is 13.3 Å². The highest BCUT2D eigenvalue weighted by Gasteiger charge is 1.96. The minimum Gasteiger partial charge on any atom is -0.450 e. The van der Waals surface area contributed by atoms with Crippen LogP contribution in [0.25, 0.3) is 0 Å².